The average molecular weight is 318 g/mol. The van der Waals surface area contributed by atoms with Crippen molar-refractivity contribution in [2.24, 2.45) is 0 Å². The molecule has 3 rings (SSSR count). The third kappa shape index (κ3) is 3.45. The monoisotopic (exact) mass is 318 g/mol. The minimum atomic E-state index is 0.112. The van der Waals surface area contributed by atoms with Crippen molar-refractivity contribution in [3.05, 3.63) is 28.6 Å². The third-order valence-corrected chi connectivity index (χ3v) is 4.61. The maximum absolute atomic E-state index is 9.09. The number of nitrogens with one attached hydrogen (secondary N) is 1. The molecule has 0 bridgehead atoms. The molecule has 0 aromatic carbocycles. The van der Waals surface area contributed by atoms with Gasteiger partial charge in [0.05, 0.1) is 25.4 Å². The molecule has 7 nitrogen and oxygen atoms in total. The van der Waals surface area contributed by atoms with Gasteiger partial charge in [-0.05, 0) is 26.7 Å². The van der Waals surface area contributed by atoms with Crippen LogP contribution in [0.3, 0.4) is 0 Å². The largest absolute Gasteiger partial charge is 0.394 e. The highest BCUT2D eigenvalue weighted by Crippen LogP contribution is 2.15. The van der Waals surface area contributed by atoms with Crippen molar-refractivity contribution >= 4 is 0 Å². The second-order valence-corrected chi connectivity index (χ2v) is 6.19. The minimum absolute atomic E-state index is 0.112. The van der Waals surface area contributed by atoms with Gasteiger partial charge in [-0.3, -0.25) is 4.68 Å². The first kappa shape index (κ1) is 16.1. The van der Waals surface area contributed by atoms with Crippen molar-refractivity contribution in [1.29, 1.82) is 0 Å². The fourth-order valence-electron chi connectivity index (χ4n) is 3.28. The second kappa shape index (κ2) is 7.23. The van der Waals surface area contributed by atoms with E-state index in [0.29, 0.717) is 6.54 Å². The van der Waals surface area contributed by atoms with Crippen LogP contribution in [0, 0.1) is 13.8 Å². The molecule has 2 aromatic rings. The summed E-state index contributed by atoms with van der Waals surface area (Å²) < 4.78 is 4.14. The van der Waals surface area contributed by atoms with Crippen LogP contribution in [0.5, 0.6) is 0 Å². The number of rotatable bonds is 6. The van der Waals surface area contributed by atoms with Gasteiger partial charge in [0.15, 0.2) is 0 Å². The van der Waals surface area contributed by atoms with Crippen LogP contribution in [-0.4, -0.2) is 36.3 Å². The van der Waals surface area contributed by atoms with Crippen molar-refractivity contribution in [3.63, 3.8) is 0 Å². The Hall–Kier alpha value is -1.73. The first-order valence-electron chi connectivity index (χ1n) is 8.46. The lowest BCUT2D eigenvalue weighted by atomic mass is 10.2. The van der Waals surface area contributed by atoms with Crippen LogP contribution in [0.25, 0.3) is 0 Å². The summed E-state index contributed by atoms with van der Waals surface area (Å²) in [5.74, 6) is 2.15. The van der Waals surface area contributed by atoms with Gasteiger partial charge in [-0.2, -0.15) is 5.10 Å². The molecule has 2 aromatic heterocycles. The van der Waals surface area contributed by atoms with E-state index in [1.165, 1.54) is 24.8 Å². The Kier molecular flexibility index (Phi) is 5.07. The van der Waals surface area contributed by atoms with Crippen LogP contribution < -0.4 is 5.32 Å². The Morgan fingerprint density at radius 1 is 1.13 bits per heavy atom. The van der Waals surface area contributed by atoms with Gasteiger partial charge in [-0.1, -0.05) is 6.42 Å². The quantitative estimate of drug-likeness (QED) is 0.833. The van der Waals surface area contributed by atoms with Gasteiger partial charge < -0.3 is 15.0 Å². The predicted molar refractivity (Wildman–Crippen MR) is 86.9 cm³/mol. The van der Waals surface area contributed by atoms with E-state index in [-0.39, 0.29) is 6.61 Å². The standard InChI is InChI=1S/C16H26N6O/c1-12-14(13(2)22(20-12)8-9-23)10-17-11-16-19-18-15-6-4-3-5-7-21(15)16/h17,23H,3-11H2,1-2H3. The first-order chi connectivity index (χ1) is 11.2. The summed E-state index contributed by atoms with van der Waals surface area (Å²) in [4.78, 5) is 0. The fraction of sp³-hybridized carbons (Fsp3) is 0.688. The van der Waals surface area contributed by atoms with Gasteiger partial charge in [0.25, 0.3) is 0 Å². The van der Waals surface area contributed by atoms with E-state index in [1.807, 2.05) is 11.6 Å². The first-order valence-corrected chi connectivity index (χ1v) is 8.46. The smallest absolute Gasteiger partial charge is 0.147 e. The van der Waals surface area contributed by atoms with Gasteiger partial charge in [-0.15, -0.1) is 10.2 Å². The van der Waals surface area contributed by atoms with Crippen LogP contribution in [0.4, 0.5) is 0 Å². The van der Waals surface area contributed by atoms with Gasteiger partial charge in [0.1, 0.15) is 11.6 Å². The van der Waals surface area contributed by atoms with Gasteiger partial charge in [0.2, 0.25) is 0 Å². The molecule has 2 N–H and O–H groups in total. The van der Waals surface area contributed by atoms with E-state index < -0.39 is 0 Å². The molecule has 0 saturated heterocycles. The van der Waals surface area contributed by atoms with Crippen molar-refractivity contribution < 1.29 is 5.11 Å². The van der Waals surface area contributed by atoms with E-state index in [4.69, 9.17) is 5.11 Å². The topological polar surface area (TPSA) is 80.8 Å². The summed E-state index contributed by atoms with van der Waals surface area (Å²) in [7, 11) is 0. The Morgan fingerprint density at radius 3 is 2.83 bits per heavy atom. The molecule has 7 heteroatoms. The van der Waals surface area contributed by atoms with E-state index in [9.17, 15) is 0 Å². The number of nitrogens with zero attached hydrogens (tertiary/aromatic N) is 5. The van der Waals surface area contributed by atoms with Gasteiger partial charge in [-0.25, -0.2) is 0 Å². The lowest BCUT2D eigenvalue weighted by Crippen LogP contribution is -2.18. The lowest BCUT2D eigenvalue weighted by molar-refractivity contribution is 0.267. The molecule has 0 spiro atoms. The Labute approximate surface area is 136 Å². The van der Waals surface area contributed by atoms with Crippen LogP contribution in [0.1, 0.15) is 47.9 Å². The molecule has 0 aliphatic carbocycles. The van der Waals surface area contributed by atoms with E-state index in [2.05, 4.69) is 32.1 Å². The zero-order valence-electron chi connectivity index (χ0n) is 14.0. The van der Waals surface area contributed by atoms with Crippen molar-refractivity contribution in [2.75, 3.05) is 6.61 Å². The summed E-state index contributed by atoms with van der Waals surface area (Å²) >= 11 is 0. The summed E-state index contributed by atoms with van der Waals surface area (Å²) in [5, 5.41) is 25.7. The molecule has 0 unspecified atom stereocenters. The lowest BCUT2D eigenvalue weighted by Gasteiger charge is -2.08. The summed E-state index contributed by atoms with van der Waals surface area (Å²) in [6.07, 6.45) is 4.75. The van der Waals surface area contributed by atoms with E-state index >= 15 is 0 Å². The van der Waals surface area contributed by atoms with E-state index in [0.717, 1.165) is 49.1 Å². The molecule has 0 radical (unpaired) electrons. The number of fused-ring (bicyclic) bond motifs is 1. The number of hydrogen-bond donors (Lipinski definition) is 2. The molecule has 1 aliphatic heterocycles. The Balaban J connectivity index is 1.63. The summed E-state index contributed by atoms with van der Waals surface area (Å²) in [6, 6.07) is 0. The molecule has 0 atom stereocenters. The SMILES string of the molecule is Cc1nn(CCO)c(C)c1CNCc1nnc2n1CCCCC2. The normalized spacial score (nSPS) is 14.7. The van der Waals surface area contributed by atoms with Crippen molar-refractivity contribution in [2.45, 2.75) is 65.7 Å². The molecule has 1 aliphatic rings. The highest BCUT2D eigenvalue weighted by Gasteiger charge is 2.15. The van der Waals surface area contributed by atoms with Crippen LogP contribution in [0.15, 0.2) is 0 Å². The molecule has 3 heterocycles. The van der Waals surface area contributed by atoms with Gasteiger partial charge in [0, 0.05) is 30.8 Å². The third-order valence-electron chi connectivity index (χ3n) is 4.61. The molecule has 0 amide bonds. The number of aliphatic hydroxyl groups excluding tert-OH is 1. The number of aliphatic hydroxyl groups is 1. The number of aromatic nitrogens is 5. The van der Waals surface area contributed by atoms with Gasteiger partial charge >= 0.3 is 0 Å². The van der Waals surface area contributed by atoms with Crippen LogP contribution in [0.2, 0.25) is 0 Å². The zero-order valence-corrected chi connectivity index (χ0v) is 14.0. The molecular formula is C16H26N6O. The van der Waals surface area contributed by atoms with E-state index in [1.54, 1.807) is 0 Å². The van der Waals surface area contributed by atoms with Crippen LogP contribution in [-0.2, 0) is 32.6 Å². The average Bonchev–Trinajstić information content (AvgIpc) is 2.92. The fourth-order valence-corrected chi connectivity index (χ4v) is 3.28. The molecule has 126 valence electrons. The Morgan fingerprint density at radius 2 is 2.00 bits per heavy atom. The minimum Gasteiger partial charge on any atom is -0.394 e. The zero-order chi connectivity index (χ0) is 16.2. The molecule has 23 heavy (non-hydrogen) atoms. The highest BCUT2D eigenvalue weighted by molar-refractivity contribution is 5.24. The Bertz CT molecular complexity index is 660. The summed E-state index contributed by atoms with van der Waals surface area (Å²) in [5.41, 5.74) is 3.33. The van der Waals surface area contributed by atoms with Crippen molar-refractivity contribution in [1.82, 2.24) is 29.9 Å². The molecular weight excluding hydrogens is 292 g/mol. The van der Waals surface area contributed by atoms with Crippen molar-refractivity contribution in [3.8, 4) is 0 Å². The maximum Gasteiger partial charge on any atom is 0.147 e. The predicted octanol–water partition coefficient (Wildman–Crippen LogP) is 1.10. The highest BCUT2D eigenvalue weighted by atomic mass is 16.3. The summed E-state index contributed by atoms with van der Waals surface area (Å²) in [6.45, 7) is 7.23. The maximum atomic E-state index is 9.09. The number of aryl methyl sites for hydroxylation is 2. The molecule has 0 fully saturated rings. The van der Waals surface area contributed by atoms with Crippen LogP contribution >= 0.6 is 0 Å². The molecule has 0 saturated carbocycles. The number of hydrogen-bond acceptors (Lipinski definition) is 5. The second-order valence-electron chi connectivity index (χ2n) is 6.19.